The van der Waals surface area contributed by atoms with Gasteiger partial charge in [-0.3, -0.25) is 9.69 Å². The molecule has 144 valence electrons. The predicted molar refractivity (Wildman–Crippen MR) is 108 cm³/mol. The van der Waals surface area contributed by atoms with Gasteiger partial charge in [-0.1, -0.05) is 41.8 Å². The molecule has 4 nitrogen and oxygen atoms in total. The number of likely N-dealkylation sites (tertiary alicyclic amines) is 2. The topological polar surface area (TPSA) is 35.6 Å². The third kappa shape index (κ3) is 4.92. The largest absolute Gasteiger partial charge is 0.354 e. The quantitative estimate of drug-likeness (QED) is 0.811. The fourth-order valence-electron chi connectivity index (χ4n) is 4.30. The Bertz CT molecular complexity index is 611. The lowest BCUT2D eigenvalue weighted by Gasteiger charge is -2.43. The standard InChI is InChI=1S/C20H29Cl2N3O/c1-15(26)23-14-19(17-6-5-7-18(21)20(17)22)25-12-8-16(9-13-25)24-10-3-2-4-11-24/h5-7,16,19H,2-4,8-14H2,1H3,(H,23,26). The van der Waals surface area contributed by atoms with Crippen molar-refractivity contribution in [3.63, 3.8) is 0 Å². The van der Waals surface area contributed by atoms with E-state index in [4.69, 9.17) is 23.2 Å². The molecule has 0 radical (unpaired) electrons. The predicted octanol–water partition coefficient (Wildman–Crippen LogP) is 4.12. The lowest BCUT2D eigenvalue weighted by atomic mass is 9.96. The van der Waals surface area contributed by atoms with Crippen LogP contribution in [-0.2, 0) is 4.79 Å². The maximum atomic E-state index is 11.5. The SMILES string of the molecule is CC(=O)NCC(c1cccc(Cl)c1Cl)N1CCC(N2CCCCC2)CC1. The number of amides is 1. The van der Waals surface area contributed by atoms with Crippen molar-refractivity contribution in [1.29, 1.82) is 0 Å². The summed E-state index contributed by atoms with van der Waals surface area (Å²) in [5.41, 5.74) is 1.00. The number of nitrogens with zero attached hydrogens (tertiary/aromatic N) is 2. The van der Waals surface area contributed by atoms with Crippen molar-refractivity contribution in [3.05, 3.63) is 33.8 Å². The summed E-state index contributed by atoms with van der Waals surface area (Å²) < 4.78 is 0. The Hall–Kier alpha value is -0.810. The van der Waals surface area contributed by atoms with Crippen molar-refractivity contribution in [2.45, 2.75) is 51.1 Å². The molecule has 0 spiro atoms. The number of halogens is 2. The van der Waals surface area contributed by atoms with E-state index in [1.165, 1.54) is 45.2 Å². The molecular weight excluding hydrogens is 369 g/mol. The molecule has 0 aromatic heterocycles. The van der Waals surface area contributed by atoms with Crippen LogP contribution in [0.3, 0.4) is 0 Å². The summed E-state index contributed by atoms with van der Waals surface area (Å²) in [5, 5.41) is 4.14. The fraction of sp³-hybridized carbons (Fsp3) is 0.650. The lowest BCUT2D eigenvalue weighted by molar-refractivity contribution is -0.119. The second-order valence-electron chi connectivity index (χ2n) is 7.46. The molecule has 2 saturated heterocycles. The van der Waals surface area contributed by atoms with Crippen molar-refractivity contribution in [1.82, 2.24) is 15.1 Å². The number of carbonyl (C=O) groups excluding carboxylic acids is 1. The van der Waals surface area contributed by atoms with Crippen molar-refractivity contribution < 1.29 is 4.79 Å². The minimum atomic E-state index is -0.0173. The summed E-state index contributed by atoms with van der Waals surface area (Å²) >= 11 is 12.7. The number of nitrogens with one attached hydrogen (secondary N) is 1. The first-order valence-corrected chi connectivity index (χ1v) is 10.5. The molecule has 3 rings (SSSR count). The van der Waals surface area contributed by atoms with Crippen molar-refractivity contribution in [3.8, 4) is 0 Å². The van der Waals surface area contributed by atoms with Crippen LogP contribution >= 0.6 is 23.2 Å². The van der Waals surface area contributed by atoms with Crippen molar-refractivity contribution in [2.75, 3.05) is 32.7 Å². The molecule has 0 saturated carbocycles. The first kappa shape index (κ1) is 19.9. The van der Waals surface area contributed by atoms with E-state index in [1.54, 1.807) is 6.92 Å². The summed E-state index contributed by atoms with van der Waals surface area (Å²) in [6, 6.07) is 6.53. The van der Waals surface area contributed by atoms with E-state index < -0.39 is 0 Å². The fourth-order valence-corrected chi connectivity index (χ4v) is 4.73. The monoisotopic (exact) mass is 397 g/mol. The van der Waals surface area contributed by atoms with Crippen molar-refractivity contribution >= 4 is 29.1 Å². The third-order valence-electron chi connectivity index (χ3n) is 5.73. The van der Waals surface area contributed by atoms with Crippen LogP contribution in [0.1, 0.15) is 50.6 Å². The summed E-state index contributed by atoms with van der Waals surface area (Å²) in [6.45, 7) is 6.66. The van der Waals surface area contributed by atoms with Gasteiger partial charge in [-0.15, -0.1) is 0 Å². The first-order valence-electron chi connectivity index (χ1n) is 9.72. The van der Waals surface area contributed by atoms with Crippen LogP contribution in [0.4, 0.5) is 0 Å². The highest BCUT2D eigenvalue weighted by Crippen LogP contribution is 2.34. The molecule has 2 fully saturated rings. The van der Waals surface area contributed by atoms with E-state index in [0.717, 1.165) is 18.7 Å². The molecule has 2 aliphatic heterocycles. The van der Waals surface area contributed by atoms with Gasteiger partial charge in [0.15, 0.2) is 0 Å². The highest BCUT2D eigenvalue weighted by atomic mass is 35.5. The number of rotatable bonds is 5. The van der Waals surface area contributed by atoms with Gasteiger partial charge >= 0.3 is 0 Å². The average Bonchev–Trinajstić information content (AvgIpc) is 2.66. The zero-order chi connectivity index (χ0) is 18.5. The zero-order valence-electron chi connectivity index (χ0n) is 15.5. The van der Waals surface area contributed by atoms with Gasteiger partial charge in [0, 0.05) is 32.6 Å². The smallest absolute Gasteiger partial charge is 0.216 e. The van der Waals surface area contributed by atoms with Crippen LogP contribution in [0, 0.1) is 0 Å². The Balaban J connectivity index is 1.69. The third-order valence-corrected chi connectivity index (χ3v) is 6.57. The van der Waals surface area contributed by atoms with E-state index in [9.17, 15) is 4.79 Å². The Kier molecular flexibility index (Phi) is 7.21. The van der Waals surface area contributed by atoms with Crippen LogP contribution in [0.2, 0.25) is 10.0 Å². The minimum Gasteiger partial charge on any atom is -0.354 e. The highest BCUT2D eigenvalue weighted by Gasteiger charge is 2.30. The Labute approximate surface area is 166 Å². The van der Waals surface area contributed by atoms with E-state index in [0.29, 0.717) is 22.6 Å². The molecule has 1 amide bonds. The Morgan fingerprint density at radius 3 is 2.50 bits per heavy atom. The Morgan fingerprint density at radius 2 is 1.85 bits per heavy atom. The van der Waals surface area contributed by atoms with Crippen LogP contribution < -0.4 is 5.32 Å². The van der Waals surface area contributed by atoms with Gasteiger partial charge < -0.3 is 10.2 Å². The maximum absolute atomic E-state index is 11.5. The highest BCUT2D eigenvalue weighted by molar-refractivity contribution is 6.42. The van der Waals surface area contributed by atoms with E-state index in [1.807, 2.05) is 18.2 Å². The van der Waals surface area contributed by atoms with Gasteiger partial charge in [0.05, 0.1) is 16.1 Å². The molecule has 1 N–H and O–H groups in total. The van der Waals surface area contributed by atoms with Gasteiger partial charge in [-0.05, 0) is 50.4 Å². The number of carbonyl (C=O) groups is 1. The molecule has 0 aliphatic carbocycles. The molecule has 26 heavy (non-hydrogen) atoms. The van der Waals surface area contributed by atoms with Crippen LogP contribution in [0.5, 0.6) is 0 Å². The molecular formula is C20H29Cl2N3O. The first-order chi connectivity index (χ1) is 12.6. The number of hydrogen-bond donors (Lipinski definition) is 1. The molecule has 1 aromatic rings. The summed E-state index contributed by atoms with van der Waals surface area (Å²) in [4.78, 5) is 16.6. The summed E-state index contributed by atoms with van der Waals surface area (Å²) in [7, 11) is 0. The van der Waals surface area contributed by atoms with Crippen LogP contribution in [0.25, 0.3) is 0 Å². The molecule has 6 heteroatoms. The number of hydrogen-bond acceptors (Lipinski definition) is 3. The summed E-state index contributed by atoms with van der Waals surface area (Å²) in [5.74, 6) is -0.0173. The van der Waals surface area contributed by atoms with Gasteiger partial charge in [-0.2, -0.15) is 0 Å². The van der Waals surface area contributed by atoms with Crippen molar-refractivity contribution in [2.24, 2.45) is 0 Å². The molecule has 2 aliphatic rings. The molecule has 2 heterocycles. The van der Waals surface area contributed by atoms with Gasteiger partial charge in [0.1, 0.15) is 0 Å². The second-order valence-corrected chi connectivity index (χ2v) is 8.24. The van der Waals surface area contributed by atoms with E-state index >= 15 is 0 Å². The second kappa shape index (κ2) is 9.41. The van der Waals surface area contributed by atoms with E-state index in [2.05, 4.69) is 15.1 Å². The molecule has 0 bridgehead atoms. The maximum Gasteiger partial charge on any atom is 0.216 e. The normalized spacial score (nSPS) is 21.5. The van der Waals surface area contributed by atoms with Crippen LogP contribution in [0.15, 0.2) is 18.2 Å². The Morgan fingerprint density at radius 1 is 1.15 bits per heavy atom. The molecule has 1 aromatic carbocycles. The molecule has 1 atom stereocenters. The van der Waals surface area contributed by atoms with E-state index in [-0.39, 0.29) is 11.9 Å². The van der Waals surface area contributed by atoms with Gasteiger partial charge in [0.2, 0.25) is 5.91 Å². The average molecular weight is 398 g/mol. The number of piperidine rings is 2. The van der Waals surface area contributed by atoms with Crippen LogP contribution in [-0.4, -0.2) is 54.5 Å². The van der Waals surface area contributed by atoms with Gasteiger partial charge in [-0.25, -0.2) is 0 Å². The van der Waals surface area contributed by atoms with Gasteiger partial charge in [0.25, 0.3) is 0 Å². The lowest BCUT2D eigenvalue weighted by Crippen LogP contribution is -2.49. The molecule has 1 unspecified atom stereocenters. The summed E-state index contributed by atoms with van der Waals surface area (Å²) in [6.07, 6.45) is 6.40. The minimum absolute atomic E-state index is 0.0173. The zero-order valence-corrected chi connectivity index (χ0v) is 17.0. The number of benzene rings is 1.